The highest BCUT2D eigenvalue weighted by atomic mass is 35.5. The minimum absolute atomic E-state index is 0.265. The summed E-state index contributed by atoms with van der Waals surface area (Å²) in [5, 5.41) is 14.3. The fraction of sp³-hybridized carbons (Fsp3) is 0.154. The topological polar surface area (TPSA) is 83.8 Å². The third-order valence-electron chi connectivity index (χ3n) is 2.99. The molecule has 1 aromatic carbocycles. The van der Waals surface area contributed by atoms with E-state index in [2.05, 4.69) is 20.7 Å². The number of hydrogen-bond donors (Lipinski definition) is 2. The molecular weight excluding hydrogens is 280 g/mol. The zero-order valence-corrected chi connectivity index (χ0v) is 11.4. The molecule has 2 heterocycles. The summed E-state index contributed by atoms with van der Waals surface area (Å²) < 4.78 is 5.01. The van der Waals surface area contributed by atoms with Crippen LogP contribution in [-0.2, 0) is 6.42 Å². The molecule has 0 atom stereocenters. The van der Waals surface area contributed by atoms with E-state index >= 15 is 0 Å². The molecule has 20 heavy (non-hydrogen) atoms. The van der Waals surface area contributed by atoms with Gasteiger partial charge in [-0.15, -0.1) is 0 Å². The van der Waals surface area contributed by atoms with Crippen molar-refractivity contribution in [2.45, 2.75) is 13.3 Å². The largest absolute Gasteiger partial charge is 0.338 e. The average molecular weight is 291 g/mol. The van der Waals surface area contributed by atoms with Crippen molar-refractivity contribution in [2.75, 3.05) is 5.32 Å². The van der Waals surface area contributed by atoms with E-state index in [-0.39, 0.29) is 11.6 Å². The second kappa shape index (κ2) is 4.97. The number of benzene rings is 1. The number of carbonyl (C=O) groups excluding carboxylic acids is 1. The number of aromatic nitrogens is 3. The molecule has 0 spiro atoms. The first kappa shape index (κ1) is 12.7. The first-order valence-electron chi connectivity index (χ1n) is 6.07. The third-order valence-corrected chi connectivity index (χ3v) is 3.23. The minimum atomic E-state index is -0.370. The molecule has 0 radical (unpaired) electrons. The minimum Gasteiger partial charge on any atom is -0.338 e. The zero-order valence-electron chi connectivity index (χ0n) is 10.6. The van der Waals surface area contributed by atoms with Crippen molar-refractivity contribution in [2.24, 2.45) is 0 Å². The summed E-state index contributed by atoms with van der Waals surface area (Å²) >= 11 is 5.94. The van der Waals surface area contributed by atoms with Gasteiger partial charge >= 0.3 is 0 Å². The second-order valence-corrected chi connectivity index (χ2v) is 4.69. The lowest BCUT2D eigenvalue weighted by molar-refractivity contribution is 0.102. The Labute approximate surface area is 119 Å². The number of rotatable bonds is 3. The molecule has 0 unspecified atom stereocenters. The fourth-order valence-corrected chi connectivity index (χ4v) is 2.11. The molecule has 0 saturated heterocycles. The van der Waals surface area contributed by atoms with Gasteiger partial charge in [-0.2, -0.15) is 5.10 Å². The van der Waals surface area contributed by atoms with Crippen molar-refractivity contribution in [3.05, 3.63) is 40.7 Å². The zero-order chi connectivity index (χ0) is 14.1. The molecule has 3 rings (SSSR count). The van der Waals surface area contributed by atoms with Crippen molar-refractivity contribution in [1.82, 2.24) is 15.4 Å². The van der Waals surface area contributed by atoms with Crippen molar-refractivity contribution in [3.63, 3.8) is 0 Å². The van der Waals surface area contributed by atoms with Gasteiger partial charge in [0, 0.05) is 16.0 Å². The maximum Gasteiger partial charge on any atom is 0.279 e. The number of nitrogens with zero attached hydrogens (tertiary/aromatic N) is 2. The predicted octanol–water partition coefficient (Wildman–Crippen LogP) is 3.02. The summed E-state index contributed by atoms with van der Waals surface area (Å²) in [5.41, 5.74) is 1.84. The number of anilines is 1. The van der Waals surface area contributed by atoms with Crippen LogP contribution in [0.15, 0.2) is 28.9 Å². The number of halogens is 1. The van der Waals surface area contributed by atoms with Crippen molar-refractivity contribution < 1.29 is 9.32 Å². The number of carbonyl (C=O) groups is 1. The van der Waals surface area contributed by atoms with Gasteiger partial charge in [0.25, 0.3) is 5.91 Å². The molecule has 0 aliphatic rings. The van der Waals surface area contributed by atoms with Crippen LogP contribution in [0.4, 0.5) is 5.88 Å². The van der Waals surface area contributed by atoms with Gasteiger partial charge in [0.05, 0.1) is 11.7 Å². The average Bonchev–Trinajstić information content (AvgIpc) is 3.04. The van der Waals surface area contributed by atoms with Gasteiger partial charge in [-0.3, -0.25) is 15.2 Å². The Hall–Kier alpha value is -2.34. The number of hydrogen-bond acceptors (Lipinski definition) is 4. The summed E-state index contributed by atoms with van der Waals surface area (Å²) in [4.78, 5) is 12.2. The molecule has 0 saturated carbocycles. The Bertz CT molecular complexity index is 778. The molecule has 0 aliphatic heterocycles. The Balaban J connectivity index is 1.95. The van der Waals surface area contributed by atoms with Gasteiger partial charge in [0.1, 0.15) is 0 Å². The molecular formula is C13H11ClN4O2. The first-order chi connectivity index (χ1) is 9.69. The highest BCUT2D eigenvalue weighted by Gasteiger charge is 2.17. The van der Waals surface area contributed by atoms with E-state index in [1.807, 2.05) is 6.92 Å². The number of H-pyrrole nitrogens is 1. The summed E-state index contributed by atoms with van der Waals surface area (Å²) in [7, 11) is 0. The number of nitrogens with one attached hydrogen (secondary N) is 2. The normalized spacial score (nSPS) is 10.9. The van der Waals surface area contributed by atoms with E-state index in [4.69, 9.17) is 16.1 Å². The Kier molecular flexibility index (Phi) is 3.15. The lowest BCUT2D eigenvalue weighted by Gasteiger charge is -2.00. The van der Waals surface area contributed by atoms with Gasteiger partial charge in [-0.1, -0.05) is 23.7 Å². The number of aryl methyl sites for hydroxylation is 1. The maximum absolute atomic E-state index is 12.2. The highest BCUT2D eigenvalue weighted by Crippen LogP contribution is 2.22. The lowest BCUT2D eigenvalue weighted by atomic mass is 10.2. The van der Waals surface area contributed by atoms with Crippen molar-refractivity contribution >= 4 is 34.3 Å². The second-order valence-electron chi connectivity index (χ2n) is 4.25. The van der Waals surface area contributed by atoms with Crippen LogP contribution in [0, 0.1) is 0 Å². The van der Waals surface area contributed by atoms with E-state index in [1.54, 1.807) is 24.4 Å². The molecule has 1 amide bonds. The molecule has 2 aromatic heterocycles. The van der Waals surface area contributed by atoms with Gasteiger partial charge in [-0.05, 0) is 24.6 Å². The molecule has 2 N–H and O–H groups in total. The van der Waals surface area contributed by atoms with Gasteiger partial charge < -0.3 is 4.52 Å². The summed E-state index contributed by atoms with van der Waals surface area (Å²) in [6, 6.07) is 5.19. The van der Waals surface area contributed by atoms with Gasteiger partial charge in [-0.25, -0.2) is 0 Å². The molecule has 0 aliphatic carbocycles. The SMILES string of the molecule is CCc1cnoc1NC(=O)c1n[nH]c2ccc(Cl)cc12. The Morgan fingerprint density at radius 1 is 1.50 bits per heavy atom. The predicted molar refractivity (Wildman–Crippen MR) is 74.9 cm³/mol. The van der Waals surface area contributed by atoms with E-state index in [1.165, 1.54) is 0 Å². The molecule has 3 aromatic rings. The molecule has 6 nitrogen and oxygen atoms in total. The van der Waals surface area contributed by atoms with Crippen molar-refractivity contribution in [3.8, 4) is 0 Å². The number of fused-ring (bicyclic) bond motifs is 1. The van der Waals surface area contributed by atoms with Gasteiger partial charge in [0.2, 0.25) is 5.88 Å². The smallest absolute Gasteiger partial charge is 0.279 e. The lowest BCUT2D eigenvalue weighted by Crippen LogP contribution is -2.13. The van der Waals surface area contributed by atoms with Crippen molar-refractivity contribution in [1.29, 1.82) is 0 Å². The summed E-state index contributed by atoms with van der Waals surface area (Å²) in [5.74, 6) is -0.0272. The van der Waals surface area contributed by atoms with Crippen LogP contribution >= 0.6 is 11.6 Å². The van der Waals surface area contributed by atoms with E-state index in [9.17, 15) is 4.79 Å². The number of aromatic amines is 1. The van der Waals surface area contributed by atoms with Crippen LogP contribution < -0.4 is 5.32 Å². The van der Waals surface area contributed by atoms with Crippen LogP contribution in [-0.4, -0.2) is 21.3 Å². The molecule has 0 bridgehead atoms. The first-order valence-corrected chi connectivity index (χ1v) is 6.45. The van der Waals surface area contributed by atoms with Crippen LogP contribution in [0.1, 0.15) is 23.0 Å². The van der Waals surface area contributed by atoms with Crippen LogP contribution in [0.25, 0.3) is 10.9 Å². The monoisotopic (exact) mass is 290 g/mol. The van der Waals surface area contributed by atoms with Crippen LogP contribution in [0.5, 0.6) is 0 Å². The van der Waals surface area contributed by atoms with E-state index < -0.39 is 0 Å². The standard InChI is InChI=1S/C13H11ClN4O2/c1-2-7-6-15-20-13(7)16-12(19)11-9-5-8(14)3-4-10(9)17-18-11/h3-6H,2H2,1H3,(H,16,19)(H,17,18). The van der Waals surface area contributed by atoms with Gasteiger partial charge in [0.15, 0.2) is 5.69 Å². The Morgan fingerprint density at radius 3 is 3.15 bits per heavy atom. The Morgan fingerprint density at radius 2 is 2.35 bits per heavy atom. The van der Waals surface area contributed by atoms with E-state index in [0.717, 1.165) is 11.1 Å². The van der Waals surface area contributed by atoms with Crippen LogP contribution in [0.3, 0.4) is 0 Å². The summed E-state index contributed by atoms with van der Waals surface area (Å²) in [6.07, 6.45) is 2.29. The fourth-order valence-electron chi connectivity index (χ4n) is 1.94. The molecule has 102 valence electrons. The van der Waals surface area contributed by atoms with Crippen LogP contribution in [0.2, 0.25) is 5.02 Å². The molecule has 0 fully saturated rings. The van der Waals surface area contributed by atoms with E-state index in [0.29, 0.717) is 22.7 Å². The summed E-state index contributed by atoms with van der Waals surface area (Å²) in [6.45, 7) is 1.95. The third kappa shape index (κ3) is 2.14. The highest BCUT2D eigenvalue weighted by molar-refractivity contribution is 6.31. The molecule has 7 heteroatoms. The maximum atomic E-state index is 12.2. The quantitative estimate of drug-likeness (QED) is 0.776. The number of amides is 1.